The van der Waals surface area contributed by atoms with E-state index >= 15 is 0 Å². The molecule has 1 aliphatic heterocycles. The van der Waals surface area contributed by atoms with Gasteiger partial charge >= 0.3 is 0 Å². The van der Waals surface area contributed by atoms with E-state index in [1.807, 2.05) is 0 Å². The Hall–Kier alpha value is -0.0200. The van der Waals surface area contributed by atoms with Crippen molar-refractivity contribution in [1.82, 2.24) is 5.32 Å². The molecule has 2 rings (SSSR count). The first-order chi connectivity index (χ1) is 5.09. The van der Waals surface area contributed by atoms with Gasteiger partial charge in [0.15, 0.2) is 0 Å². The summed E-state index contributed by atoms with van der Waals surface area (Å²) in [6.07, 6.45) is 1.19. The zero-order valence-corrected chi connectivity index (χ0v) is 8.31. The fraction of sp³-hybridized carbons (Fsp3) is 0.750. The van der Waals surface area contributed by atoms with Crippen molar-refractivity contribution in [2.45, 2.75) is 20.3 Å². The van der Waals surface area contributed by atoms with Gasteiger partial charge in [-0.25, -0.2) is 0 Å². The Labute approximate surface area is 77.5 Å². The maximum Gasteiger partial charge on any atom is 0.0873 e. The lowest BCUT2D eigenvalue weighted by Crippen LogP contribution is -2.28. The average Bonchev–Trinajstić information content (AvgIpc) is 2.56. The molecular formula is C8H11NS2. The summed E-state index contributed by atoms with van der Waals surface area (Å²) >= 11 is 10.4. The molecular weight excluding hydrogens is 174 g/mol. The van der Waals surface area contributed by atoms with Crippen molar-refractivity contribution in [3.05, 3.63) is 0 Å². The summed E-state index contributed by atoms with van der Waals surface area (Å²) in [5.41, 5.74) is 0.270. The number of thiocarbonyl (C=S) groups is 2. The number of hydrogen-bond donors (Lipinski definition) is 1. The van der Waals surface area contributed by atoms with E-state index < -0.39 is 0 Å². The van der Waals surface area contributed by atoms with E-state index in [4.69, 9.17) is 24.4 Å². The van der Waals surface area contributed by atoms with Gasteiger partial charge in [0, 0.05) is 11.3 Å². The molecule has 2 fully saturated rings. The molecule has 1 N–H and O–H groups in total. The first-order valence-corrected chi connectivity index (χ1v) is 4.76. The third kappa shape index (κ3) is 0.757. The predicted octanol–water partition coefficient (Wildman–Crippen LogP) is 1.91. The molecule has 11 heavy (non-hydrogen) atoms. The summed E-state index contributed by atoms with van der Waals surface area (Å²) in [6, 6.07) is 0. The van der Waals surface area contributed by atoms with Crippen LogP contribution in [-0.4, -0.2) is 9.98 Å². The largest absolute Gasteiger partial charge is 0.344 e. The van der Waals surface area contributed by atoms with Gasteiger partial charge in [0.1, 0.15) is 0 Å². The molecule has 1 saturated carbocycles. The van der Waals surface area contributed by atoms with Gasteiger partial charge < -0.3 is 5.32 Å². The summed E-state index contributed by atoms with van der Waals surface area (Å²) in [6.45, 7) is 4.45. The highest BCUT2D eigenvalue weighted by molar-refractivity contribution is 7.82. The van der Waals surface area contributed by atoms with E-state index in [2.05, 4.69) is 19.2 Å². The normalized spacial score (nSPS) is 40.8. The average molecular weight is 185 g/mol. The molecule has 0 amide bonds. The van der Waals surface area contributed by atoms with Crippen LogP contribution in [0.4, 0.5) is 0 Å². The molecule has 0 unspecified atom stereocenters. The summed E-state index contributed by atoms with van der Waals surface area (Å²) in [5.74, 6) is 1.21. The molecule has 1 nitrogen and oxygen atoms in total. The second-order valence-corrected chi connectivity index (χ2v) is 4.62. The third-order valence-corrected chi connectivity index (χ3v) is 3.88. The van der Waals surface area contributed by atoms with Crippen molar-refractivity contribution in [1.29, 1.82) is 0 Å². The van der Waals surface area contributed by atoms with Crippen LogP contribution in [0.25, 0.3) is 0 Å². The van der Waals surface area contributed by atoms with Crippen LogP contribution in [0.5, 0.6) is 0 Å². The number of rotatable bonds is 1. The van der Waals surface area contributed by atoms with Crippen LogP contribution in [0.3, 0.4) is 0 Å². The van der Waals surface area contributed by atoms with Gasteiger partial charge in [0.25, 0.3) is 0 Å². The van der Waals surface area contributed by atoms with E-state index in [0.29, 0.717) is 11.8 Å². The first kappa shape index (κ1) is 7.62. The third-order valence-electron chi connectivity index (χ3n) is 3.01. The van der Waals surface area contributed by atoms with Gasteiger partial charge in [-0.15, -0.1) is 0 Å². The van der Waals surface area contributed by atoms with Gasteiger partial charge in [-0.3, -0.25) is 0 Å². The van der Waals surface area contributed by atoms with Crippen LogP contribution in [-0.2, 0) is 0 Å². The predicted molar refractivity (Wildman–Crippen MR) is 53.7 cm³/mol. The molecule has 0 aromatic carbocycles. The lowest BCUT2D eigenvalue weighted by atomic mass is 9.92. The van der Waals surface area contributed by atoms with Crippen molar-refractivity contribution in [3.63, 3.8) is 0 Å². The maximum atomic E-state index is 5.25. The summed E-state index contributed by atoms with van der Waals surface area (Å²) in [7, 11) is 0. The Morgan fingerprint density at radius 3 is 2.36 bits per heavy atom. The Balaban J connectivity index is 2.32. The minimum absolute atomic E-state index is 0.270. The van der Waals surface area contributed by atoms with Gasteiger partial charge in [0.2, 0.25) is 0 Å². The smallest absolute Gasteiger partial charge is 0.0873 e. The van der Waals surface area contributed by atoms with Crippen LogP contribution in [0.2, 0.25) is 0 Å². The zero-order valence-electron chi connectivity index (χ0n) is 6.68. The summed E-state index contributed by atoms with van der Waals surface area (Å²) in [5, 5.41) is 3.10. The second kappa shape index (κ2) is 2.02. The summed E-state index contributed by atoms with van der Waals surface area (Å²) < 4.78 is 0. The number of fused-ring (bicyclic) bond motifs is 1. The number of piperidine rings is 1. The highest BCUT2D eigenvalue weighted by Gasteiger charge is 2.65. The van der Waals surface area contributed by atoms with Gasteiger partial charge in [-0.1, -0.05) is 38.3 Å². The van der Waals surface area contributed by atoms with Crippen LogP contribution in [0.15, 0.2) is 0 Å². The quantitative estimate of drug-likeness (QED) is 0.627. The van der Waals surface area contributed by atoms with Crippen LogP contribution in [0.1, 0.15) is 20.3 Å². The number of hydrogen-bond acceptors (Lipinski definition) is 2. The molecule has 2 aliphatic rings. The lowest BCUT2D eigenvalue weighted by molar-refractivity contribution is 0.473. The monoisotopic (exact) mass is 185 g/mol. The molecule has 0 aromatic heterocycles. The SMILES string of the molecule is CC(C)[C@]12C[C@H]1C(=S)NC2=S. The molecule has 1 aliphatic carbocycles. The Morgan fingerprint density at radius 1 is 1.55 bits per heavy atom. The van der Waals surface area contributed by atoms with E-state index in [9.17, 15) is 0 Å². The molecule has 60 valence electrons. The Morgan fingerprint density at radius 2 is 2.18 bits per heavy atom. The van der Waals surface area contributed by atoms with Gasteiger partial charge in [0.05, 0.1) is 9.98 Å². The lowest BCUT2D eigenvalue weighted by Gasteiger charge is -2.15. The molecule has 0 bridgehead atoms. The Bertz CT molecular complexity index is 246. The van der Waals surface area contributed by atoms with E-state index in [1.165, 1.54) is 6.42 Å². The topological polar surface area (TPSA) is 12.0 Å². The molecule has 3 heteroatoms. The highest BCUT2D eigenvalue weighted by Crippen LogP contribution is 2.61. The minimum Gasteiger partial charge on any atom is -0.344 e. The Kier molecular flexibility index (Phi) is 1.40. The van der Waals surface area contributed by atoms with Crippen LogP contribution in [0, 0.1) is 17.3 Å². The van der Waals surface area contributed by atoms with E-state index in [0.717, 1.165) is 9.98 Å². The van der Waals surface area contributed by atoms with Crippen molar-refractivity contribution < 1.29 is 0 Å². The van der Waals surface area contributed by atoms with Crippen LogP contribution >= 0.6 is 24.4 Å². The van der Waals surface area contributed by atoms with Gasteiger partial charge in [-0.2, -0.15) is 0 Å². The van der Waals surface area contributed by atoms with Crippen molar-refractivity contribution in [2.24, 2.45) is 17.3 Å². The van der Waals surface area contributed by atoms with E-state index in [-0.39, 0.29) is 5.41 Å². The van der Waals surface area contributed by atoms with Crippen LogP contribution < -0.4 is 5.32 Å². The second-order valence-electron chi connectivity index (χ2n) is 3.77. The molecule has 1 saturated heterocycles. The molecule has 1 heterocycles. The molecule has 0 spiro atoms. The number of nitrogens with one attached hydrogen (secondary N) is 1. The van der Waals surface area contributed by atoms with Gasteiger partial charge in [-0.05, 0) is 12.3 Å². The first-order valence-electron chi connectivity index (χ1n) is 3.94. The molecule has 0 aromatic rings. The zero-order chi connectivity index (χ0) is 8.22. The summed E-state index contributed by atoms with van der Waals surface area (Å²) in [4.78, 5) is 1.96. The maximum absolute atomic E-state index is 5.25. The highest BCUT2D eigenvalue weighted by atomic mass is 32.1. The standard InChI is InChI=1S/C8H11NS2/c1-4(2)8-3-5(8)6(10)9-7(8)11/h4-5H,3H2,1-2H3,(H,9,10,11)/t5-,8+/m0/s1. The fourth-order valence-electron chi connectivity index (χ4n) is 2.07. The van der Waals surface area contributed by atoms with Crippen molar-refractivity contribution in [2.75, 3.05) is 0 Å². The van der Waals surface area contributed by atoms with Crippen molar-refractivity contribution >= 4 is 34.4 Å². The molecule has 0 radical (unpaired) electrons. The fourth-order valence-corrected chi connectivity index (χ4v) is 3.10. The minimum atomic E-state index is 0.270. The van der Waals surface area contributed by atoms with E-state index in [1.54, 1.807) is 0 Å². The molecule has 2 atom stereocenters. The van der Waals surface area contributed by atoms with Crippen molar-refractivity contribution in [3.8, 4) is 0 Å².